The molecule has 2 N–H and O–H groups in total. The van der Waals surface area contributed by atoms with Crippen LogP contribution in [-0.2, 0) is 48.0 Å². The minimum absolute atomic E-state index is 0.00933. The van der Waals surface area contributed by atoms with Crippen molar-refractivity contribution in [3.8, 4) is 22.5 Å². The van der Waals surface area contributed by atoms with Gasteiger partial charge in [-0.3, -0.25) is 29.2 Å². The largest absolute Gasteiger partial charge is 0.464 e. The van der Waals surface area contributed by atoms with E-state index < -0.39 is 41.3 Å². The number of ether oxygens (including phenoxy) is 2. The van der Waals surface area contributed by atoms with Crippen LogP contribution in [0.5, 0.6) is 0 Å². The van der Waals surface area contributed by atoms with Crippen LogP contribution in [0.3, 0.4) is 0 Å². The number of hydrazine groups is 1. The Morgan fingerprint density at radius 2 is 1.85 bits per heavy atom. The third kappa shape index (κ3) is 9.66. The number of nitrogens with one attached hydrogen (secondary N) is 2. The van der Waals surface area contributed by atoms with E-state index in [9.17, 15) is 24.0 Å². The standard InChI is InChI=1S/C51H67N9O7S/c1-10-42(61)58-28-51(29-58)18-22-57(23-19-51)49(65)56(8)44(31(3)4)46(62)54-38-25-41-53-39(27-68-41)33-16-17-40-35(24-33)36(45(59(40)11-2)34-14-12-20-52-43(34)32(5)66-9)26-50(6,7)30-67-48(64)37-15-13-21-60(55-37)47(38)63/h10,12,14,16-17,20,24,27,31-32,37-38,44,55H,1,11,13,15,18-19,21-23,25-26,28-30H2,2-9H3,(H,54,62)/t32-,37-,38-,44?/m0/s1. The van der Waals surface area contributed by atoms with Crippen molar-refractivity contribution >= 4 is 52.0 Å². The Labute approximate surface area is 403 Å². The second-order valence-electron chi connectivity index (χ2n) is 20.2. The number of fused-ring (bicyclic) bond motifs is 6. The average Bonchev–Trinajstić information content (AvgIpc) is 3.92. The van der Waals surface area contributed by atoms with Gasteiger partial charge in [-0.2, -0.15) is 0 Å². The molecule has 5 amide bonds. The fourth-order valence-corrected chi connectivity index (χ4v) is 11.5. The minimum Gasteiger partial charge on any atom is -0.464 e. The van der Waals surface area contributed by atoms with E-state index in [1.165, 1.54) is 27.3 Å². The number of aryl methyl sites for hydroxylation is 1. The van der Waals surface area contributed by atoms with E-state index in [1.54, 1.807) is 30.2 Å². The van der Waals surface area contributed by atoms with Gasteiger partial charge in [0.05, 0.1) is 34.8 Å². The maximum absolute atomic E-state index is 14.7. The number of rotatable bonds is 9. The van der Waals surface area contributed by atoms with Gasteiger partial charge in [-0.05, 0) is 87.8 Å². The maximum atomic E-state index is 14.7. The third-order valence-electron chi connectivity index (χ3n) is 14.4. The van der Waals surface area contributed by atoms with Crippen LogP contribution in [0.1, 0.15) is 89.6 Å². The molecule has 4 aromatic rings. The molecule has 8 rings (SSSR count). The average molecular weight is 950 g/mol. The van der Waals surface area contributed by atoms with Crippen LogP contribution in [0.25, 0.3) is 33.4 Å². The lowest BCUT2D eigenvalue weighted by Crippen LogP contribution is -2.64. The summed E-state index contributed by atoms with van der Waals surface area (Å²) in [6.45, 7) is 19.2. The zero-order valence-electron chi connectivity index (χ0n) is 40.8. The summed E-state index contributed by atoms with van der Waals surface area (Å²) >= 11 is 1.42. The first-order valence-corrected chi connectivity index (χ1v) is 24.9. The Kier molecular flexibility index (Phi) is 14.2. The van der Waals surface area contributed by atoms with Crippen LogP contribution >= 0.6 is 11.3 Å². The van der Waals surface area contributed by atoms with Gasteiger partial charge in [-0.15, -0.1) is 11.3 Å². The van der Waals surface area contributed by atoms with Gasteiger partial charge in [0.25, 0.3) is 5.91 Å². The first-order valence-electron chi connectivity index (χ1n) is 24.0. The third-order valence-corrected chi connectivity index (χ3v) is 15.3. The number of esters is 1. The van der Waals surface area contributed by atoms with E-state index in [0.29, 0.717) is 63.5 Å². The number of likely N-dealkylation sites (N-methyl/N-ethyl adjacent to an activating group) is 1. The second-order valence-corrected chi connectivity index (χ2v) is 21.2. The summed E-state index contributed by atoms with van der Waals surface area (Å²) in [6.07, 6.45) is 6.08. The van der Waals surface area contributed by atoms with Crippen molar-refractivity contribution in [1.29, 1.82) is 0 Å². The number of nitrogens with zero attached hydrogens (tertiary/aromatic N) is 7. The smallest absolute Gasteiger partial charge is 0.324 e. The summed E-state index contributed by atoms with van der Waals surface area (Å²) in [6, 6.07) is 7.43. The van der Waals surface area contributed by atoms with Crippen LogP contribution in [0.15, 0.2) is 54.6 Å². The number of pyridine rings is 1. The number of hydrogen-bond acceptors (Lipinski definition) is 11. The molecule has 0 saturated carbocycles. The molecule has 4 aliphatic rings. The monoisotopic (exact) mass is 949 g/mol. The summed E-state index contributed by atoms with van der Waals surface area (Å²) in [5, 5.41) is 8.18. The summed E-state index contributed by atoms with van der Waals surface area (Å²) in [5.41, 5.74) is 9.30. The molecule has 4 aliphatic heterocycles. The van der Waals surface area contributed by atoms with Gasteiger partial charge in [0.2, 0.25) is 11.8 Å². The van der Waals surface area contributed by atoms with Crippen LogP contribution in [-0.4, -0.2) is 136 Å². The van der Waals surface area contributed by atoms with Gasteiger partial charge in [0.1, 0.15) is 18.1 Å². The predicted octanol–water partition coefficient (Wildman–Crippen LogP) is 6.39. The molecule has 4 atom stereocenters. The number of thiazole rings is 1. The number of carbonyl (C=O) groups is 5. The zero-order valence-corrected chi connectivity index (χ0v) is 41.6. The van der Waals surface area contributed by atoms with Gasteiger partial charge >= 0.3 is 12.0 Å². The lowest BCUT2D eigenvalue weighted by molar-refractivity contribution is -0.155. The topological polar surface area (TPSA) is 172 Å². The quantitative estimate of drug-likeness (QED) is 0.142. The van der Waals surface area contributed by atoms with Crippen LogP contribution < -0.4 is 10.7 Å². The van der Waals surface area contributed by atoms with Crippen molar-refractivity contribution in [3.63, 3.8) is 0 Å². The molecule has 3 aromatic heterocycles. The number of aromatic nitrogens is 3. The number of cyclic esters (lactones) is 1. The lowest BCUT2D eigenvalue weighted by Gasteiger charge is -2.54. The van der Waals surface area contributed by atoms with E-state index in [4.69, 9.17) is 19.4 Å². The highest BCUT2D eigenvalue weighted by Gasteiger charge is 2.48. The molecule has 16 nitrogen and oxygen atoms in total. The maximum Gasteiger partial charge on any atom is 0.324 e. The van der Waals surface area contributed by atoms with E-state index in [1.807, 2.05) is 32.2 Å². The molecule has 1 unspecified atom stereocenters. The summed E-state index contributed by atoms with van der Waals surface area (Å²) < 4.78 is 14.3. The Hall–Kier alpha value is -5.65. The molecule has 17 heteroatoms. The number of amides is 5. The van der Waals surface area contributed by atoms with Crippen LogP contribution in [0, 0.1) is 16.7 Å². The Morgan fingerprint density at radius 3 is 2.54 bits per heavy atom. The van der Waals surface area contributed by atoms with Crippen molar-refractivity contribution in [1.82, 2.24) is 45.0 Å². The molecular formula is C51H67N9O7S. The first kappa shape index (κ1) is 48.8. The van der Waals surface area contributed by atoms with E-state index in [-0.39, 0.29) is 42.4 Å². The highest BCUT2D eigenvalue weighted by molar-refractivity contribution is 7.10. The number of hydrogen-bond donors (Lipinski definition) is 2. The number of carbonyl (C=O) groups excluding carboxylic acids is 5. The molecule has 7 heterocycles. The SMILES string of the molecule is C=CC(=O)N1CC2(CCN(C(=O)N(C)C(C(=O)N[C@H]3Cc4nc(cs4)-c4ccc5c(c4)c(c(-c4cccnc4[C@H](C)OC)n5CC)CC(C)(C)COC(=O)[C@@H]4CCCN(N4)C3=O)C(C)C)CC2)C1. The molecule has 1 spiro atoms. The van der Waals surface area contributed by atoms with E-state index >= 15 is 0 Å². The van der Waals surface area contributed by atoms with Gasteiger partial charge in [-0.1, -0.05) is 40.3 Å². The molecule has 3 saturated heterocycles. The van der Waals surface area contributed by atoms with E-state index in [0.717, 1.165) is 57.5 Å². The molecule has 3 fully saturated rings. The molecule has 0 radical (unpaired) electrons. The number of urea groups is 1. The molecule has 6 bridgehead atoms. The van der Waals surface area contributed by atoms with Gasteiger partial charge in [-0.25, -0.2) is 15.2 Å². The number of benzene rings is 1. The second kappa shape index (κ2) is 19.8. The normalized spacial score (nSPS) is 21.5. The Bertz CT molecular complexity index is 2570. The molecular weight excluding hydrogens is 883 g/mol. The molecule has 364 valence electrons. The molecule has 68 heavy (non-hydrogen) atoms. The minimum atomic E-state index is -1.07. The zero-order chi connectivity index (χ0) is 48.7. The van der Waals surface area contributed by atoms with E-state index in [2.05, 4.69) is 66.9 Å². The molecule has 1 aromatic carbocycles. The Morgan fingerprint density at radius 1 is 1.10 bits per heavy atom. The predicted molar refractivity (Wildman–Crippen MR) is 261 cm³/mol. The lowest BCUT2D eigenvalue weighted by atomic mass is 9.72. The van der Waals surface area contributed by atoms with Crippen molar-refractivity contribution in [2.45, 2.75) is 111 Å². The highest BCUT2D eigenvalue weighted by Crippen LogP contribution is 2.43. The summed E-state index contributed by atoms with van der Waals surface area (Å²) in [7, 11) is 3.33. The first-order chi connectivity index (χ1) is 32.5. The van der Waals surface area contributed by atoms with Crippen molar-refractivity contribution in [2.75, 3.05) is 53.5 Å². The Balaban J connectivity index is 1.11. The van der Waals surface area contributed by atoms with Crippen LogP contribution in [0.4, 0.5) is 4.79 Å². The fraction of sp³-hybridized carbons (Fsp3) is 0.549. The molecule has 0 aliphatic carbocycles. The number of piperidine rings is 1. The summed E-state index contributed by atoms with van der Waals surface area (Å²) in [5.74, 6) is -1.69. The van der Waals surface area contributed by atoms with Gasteiger partial charge in [0, 0.05) is 104 Å². The van der Waals surface area contributed by atoms with Crippen molar-refractivity contribution in [2.24, 2.45) is 16.7 Å². The van der Waals surface area contributed by atoms with Crippen molar-refractivity contribution < 1.29 is 33.4 Å². The van der Waals surface area contributed by atoms with Gasteiger partial charge in [0.15, 0.2) is 0 Å². The van der Waals surface area contributed by atoms with Gasteiger partial charge < -0.3 is 34.1 Å². The number of methoxy groups -OCH3 is 1. The number of likely N-dealkylation sites (tertiary alicyclic amines) is 2. The summed E-state index contributed by atoms with van der Waals surface area (Å²) in [4.78, 5) is 84.3. The highest BCUT2D eigenvalue weighted by atomic mass is 32.1. The van der Waals surface area contributed by atoms with Crippen molar-refractivity contribution in [3.05, 3.63) is 70.8 Å². The fourth-order valence-electron chi connectivity index (χ4n) is 10.6. The van der Waals surface area contributed by atoms with Crippen LogP contribution in [0.2, 0.25) is 0 Å².